The third kappa shape index (κ3) is 8.56. The minimum atomic E-state index is -0.997. The van der Waals surface area contributed by atoms with Gasteiger partial charge in [-0.3, -0.25) is 4.90 Å². The smallest absolute Gasteiger partial charge is 0.410 e. The van der Waals surface area contributed by atoms with E-state index < -0.39 is 23.8 Å². The van der Waals surface area contributed by atoms with Crippen LogP contribution in [0, 0.1) is 13.8 Å². The predicted octanol–water partition coefficient (Wildman–Crippen LogP) is 4.43. The van der Waals surface area contributed by atoms with Crippen LogP contribution in [-0.2, 0) is 16.0 Å². The molecule has 0 radical (unpaired) electrons. The van der Waals surface area contributed by atoms with Gasteiger partial charge in [0, 0.05) is 37.9 Å². The largest absolute Gasteiger partial charge is 0.447 e. The van der Waals surface area contributed by atoms with Crippen LogP contribution in [0.1, 0.15) is 77.1 Å². The van der Waals surface area contributed by atoms with Gasteiger partial charge in [0.25, 0.3) is 0 Å². The molecule has 0 bridgehead atoms. The van der Waals surface area contributed by atoms with E-state index in [1.807, 2.05) is 40.7 Å². The van der Waals surface area contributed by atoms with Gasteiger partial charge in [-0.2, -0.15) is 0 Å². The molecule has 1 aliphatic heterocycles. The summed E-state index contributed by atoms with van der Waals surface area (Å²) in [6, 6.07) is 3.38. The van der Waals surface area contributed by atoms with Crippen LogP contribution in [0.2, 0.25) is 0 Å². The van der Waals surface area contributed by atoms with E-state index in [4.69, 9.17) is 13.9 Å². The lowest BCUT2D eigenvalue weighted by Crippen LogP contribution is -2.54. The Balaban J connectivity index is 1.70. The first-order valence-corrected chi connectivity index (χ1v) is 13.7. The molecule has 3 atom stereocenters. The Labute approximate surface area is 236 Å². The van der Waals surface area contributed by atoms with E-state index in [0.717, 1.165) is 42.0 Å². The van der Waals surface area contributed by atoms with Crippen molar-refractivity contribution in [2.24, 2.45) is 0 Å². The van der Waals surface area contributed by atoms with Gasteiger partial charge in [-0.05, 0) is 85.1 Å². The van der Waals surface area contributed by atoms with Crippen LogP contribution < -0.4 is 10.6 Å². The summed E-state index contributed by atoms with van der Waals surface area (Å²) in [7, 11) is 0. The van der Waals surface area contributed by atoms with Gasteiger partial charge >= 0.3 is 18.2 Å². The van der Waals surface area contributed by atoms with Crippen LogP contribution in [0.3, 0.4) is 0 Å². The van der Waals surface area contributed by atoms with Crippen molar-refractivity contribution in [2.45, 2.75) is 98.8 Å². The number of carbonyl (C=O) groups is 2. The fourth-order valence-corrected chi connectivity index (χ4v) is 4.54. The van der Waals surface area contributed by atoms with Gasteiger partial charge in [-0.1, -0.05) is 11.2 Å². The van der Waals surface area contributed by atoms with Crippen molar-refractivity contribution in [3.63, 3.8) is 0 Å². The Morgan fingerprint density at radius 2 is 1.88 bits per heavy atom. The molecule has 0 saturated carbocycles. The van der Waals surface area contributed by atoms with Crippen molar-refractivity contribution in [3.05, 3.63) is 34.7 Å². The number of benzene rings is 1. The van der Waals surface area contributed by atoms with E-state index in [1.54, 1.807) is 25.7 Å². The third-order valence-electron chi connectivity index (χ3n) is 6.44. The number of ether oxygens (including phenoxy) is 2. The summed E-state index contributed by atoms with van der Waals surface area (Å²) in [6.45, 7) is 19.4. The molecule has 1 saturated heterocycles. The van der Waals surface area contributed by atoms with Gasteiger partial charge in [0.05, 0.1) is 12.2 Å². The second-order valence-corrected chi connectivity index (χ2v) is 11.7. The fourth-order valence-electron chi connectivity index (χ4n) is 4.54. The lowest BCUT2D eigenvalue weighted by Gasteiger charge is -2.39. The van der Waals surface area contributed by atoms with Gasteiger partial charge in [0.1, 0.15) is 11.6 Å². The first kappa shape index (κ1) is 31.2. The number of piperazine rings is 1. The molecule has 0 spiro atoms. The predicted molar refractivity (Wildman–Crippen MR) is 150 cm³/mol. The normalized spacial score (nSPS) is 17.9. The summed E-state index contributed by atoms with van der Waals surface area (Å²) in [4.78, 5) is 28.8. The molecule has 1 fully saturated rings. The molecule has 1 aliphatic rings. The number of aryl methyl sites for hydroxylation is 1. The first-order chi connectivity index (χ1) is 18.6. The van der Waals surface area contributed by atoms with Crippen LogP contribution in [0.25, 0.3) is 0 Å². The Bertz CT molecular complexity index is 1170. The highest BCUT2D eigenvalue weighted by Crippen LogP contribution is 2.28. The minimum Gasteiger partial charge on any atom is -0.447 e. The molecular formula is C28H44N6O6. The van der Waals surface area contributed by atoms with E-state index in [0.29, 0.717) is 6.54 Å². The van der Waals surface area contributed by atoms with Crippen molar-refractivity contribution in [2.75, 3.05) is 25.0 Å². The minimum absolute atomic E-state index is 0.0377. The SMILES string of the molecule is Cc1cc(CN2CCN(C(=O)OC(C)C)[C@@H](C)C2)c(C)c(Nc2nnc(C(NC(=O)OC(C)(C)C)[C@@H](C)O)o2)c1. The number of hydrogen-bond acceptors (Lipinski definition) is 10. The Morgan fingerprint density at radius 3 is 2.48 bits per heavy atom. The molecule has 2 heterocycles. The number of aromatic nitrogens is 2. The van der Waals surface area contributed by atoms with Crippen molar-refractivity contribution in [1.82, 2.24) is 25.3 Å². The first-order valence-electron chi connectivity index (χ1n) is 13.7. The number of amides is 2. The quantitative estimate of drug-likeness (QED) is 0.424. The third-order valence-corrected chi connectivity index (χ3v) is 6.44. The zero-order valence-corrected chi connectivity index (χ0v) is 25.1. The highest BCUT2D eigenvalue weighted by atomic mass is 16.6. The van der Waals surface area contributed by atoms with Gasteiger partial charge in [-0.15, -0.1) is 5.10 Å². The molecule has 40 heavy (non-hydrogen) atoms. The summed E-state index contributed by atoms with van der Waals surface area (Å²) in [5, 5.41) is 24.1. The molecule has 222 valence electrons. The molecule has 0 aliphatic carbocycles. The molecule has 12 nitrogen and oxygen atoms in total. The Hall–Kier alpha value is -3.38. The van der Waals surface area contributed by atoms with E-state index in [-0.39, 0.29) is 30.1 Å². The molecule has 1 aromatic heterocycles. The maximum Gasteiger partial charge on any atom is 0.410 e. The topological polar surface area (TPSA) is 142 Å². The maximum absolute atomic E-state index is 12.4. The highest BCUT2D eigenvalue weighted by Gasteiger charge is 2.30. The fraction of sp³-hybridized carbons (Fsp3) is 0.643. The average Bonchev–Trinajstić information content (AvgIpc) is 3.26. The monoisotopic (exact) mass is 560 g/mol. The number of nitrogens with one attached hydrogen (secondary N) is 2. The number of carbonyl (C=O) groups excluding carboxylic acids is 2. The molecule has 12 heteroatoms. The highest BCUT2D eigenvalue weighted by molar-refractivity contribution is 5.69. The lowest BCUT2D eigenvalue weighted by molar-refractivity contribution is 0.0348. The summed E-state index contributed by atoms with van der Waals surface area (Å²) >= 11 is 0. The summed E-state index contributed by atoms with van der Waals surface area (Å²) in [5.74, 6) is 0.0525. The van der Waals surface area contributed by atoms with Gasteiger partial charge in [0.15, 0.2) is 0 Å². The van der Waals surface area contributed by atoms with Crippen LogP contribution in [0.5, 0.6) is 0 Å². The van der Waals surface area contributed by atoms with Gasteiger partial charge in [-0.25, -0.2) is 9.59 Å². The van der Waals surface area contributed by atoms with E-state index in [9.17, 15) is 14.7 Å². The zero-order chi connectivity index (χ0) is 29.8. The number of aliphatic hydroxyl groups excluding tert-OH is 1. The van der Waals surface area contributed by atoms with Crippen LogP contribution in [-0.4, -0.2) is 80.8 Å². The molecular weight excluding hydrogens is 516 g/mol. The van der Waals surface area contributed by atoms with Crippen molar-refractivity contribution in [3.8, 4) is 0 Å². The summed E-state index contributed by atoms with van der Waals surface area (Å²) in [5.41, 5.74) is 3.34. The van der Waals surface area contributed by atoms with Crippen LogP contribution in [0.4, 0.5) is 21.3 Å². The van der Waals surface area contributed by atoms with Gasteiger partial charge in [0.2, 0.25) is 5.89 Å². The Kier molecular flexibility index (Phi) is 10.0. The molecule has 1 unspecified atom stereocenters. The molecule has 3 N–H and O–H groups in total. The number of alkyl carbamates (subject to hydrolysis) is 1. The standard InChI is InChI=1S/C28H44N6O6/c1-16(2)38-27(37)34-11-10-33(14-18(34)4)15-21-12-17(3)13-22(19(21)5)29-25-32-31-24(39-25)23(20(6)35)30-26(36)40-28(7,8)9/h12-13,16,18,20,23,35H,10-11,14-15H2,1-9H3,(H,29,32)(H,30,36)/t18-,20+,23?/m0/s1. The summed E-state index contributed by atoms with van der Waals surface area (Å²) in [6.07, 6.45) is -2.11. The van der Waals surface area contributed by atoms with E-state index in [1.165, 1.54) is 6.92 Å². The number of nitrogens with zero attached hydrogens (tertiary/aromatic N) is 4. The average molecular weight is 561 g/mol. The molecule has 2 aromatic rings. The second kappa shape index (κ2) is 12.9. The second-order valence-electron chi connectivity index (χ2n) is 11.7. The number of aliphatic hydroxyl groups is 1. The lowest BCUT2D eigenvalue weighted by atomic mass is 10.0. The summed E-state index contributed by atoms with van der Waals surface area (Å²) < 4.78 is 16.5. The van der Waals surface area contributed by atoms with Crippen molar-refractivity contribution >= 4 is 23.9 Å². The van der Waals surface area contributed by atoms with E-state index in [2.05, 4.69) is 31.8 Å². The molecule has 3 rings (SSSR count). The number of rotatable bonds is 8. The van der Waals surface area contributed by atoms with E-state index >= 15 is 0 Å². The number of anilines is 2. The number of hydrogen-bond donors (Lipinski definition) is 3. The van der Waals surface area contributed by atoms with Crippen LogP contribution in [0.15, 0.2) is 16.5 Å². The van der Waals surface area contributed by atoms with Crippen molar-refractivity contribution < 1.29 is 28.6 Å². The maximum atomic E-state index is 12.4. The van der Waals surface area contributed by atoms with Crippen molar-refractivity contribution in [1.29, 1.82) is 0 Å². The van der Waals surface area contributed by atoms with Crippen LogP contribution >= 0.6 is 0 Å². The zero-order valence-electron chi connectivity index (χ0n) is 25.1. The Morgan fingerprint density at radius 1 is 1.18 bits per heavy atom. The molecule has 2 amide bonds. The van der Waals surface area contributed by atoms with Gasteiger partial charge < -0.3 is 34.5 Å². The molecule has 1 aromatic carbocycles.